The summed E-state index contributed by atoms with van der Waals surface area (Å²) in [5.41, 5.74) is 0. The molecule has 7 nitrogen and oxygen atoms in total. The second kappa shape index (κ2) is 7.25. The quantitative estimate of drug-likeness (QED) is 0.775. The van der Waals surface area contributed by atoms with E-state index in [1.165, 1.54) is 13.1 Å². The summed E-state index contributed by atoms with van der Waals surface area (Å²) >= 11 is 0. The van der Waals surface area contributed by atoms with Crippen molar-refractivity contribution in [3.63, 3.8) is 0 Å². The van der Waals surface area contributed by atoms with Crippen LogP contribution in [-0.2, 0) is 4.79 Å². The third-order valence-corrected chi connectivity index (χ3v) is 5.84. The molecule has 0 aliphatic carbocycles. The fourth-order valence-corrected chi connectivity index (χ4v) is 4.28. The van der Waals surface area contributed by atoms with Gasteiger partial charge in [-0.2, -0.15) is 0 Å². The van der Waals surface area contributed by atoms with Gasteiger partial charge in [-0.1, -0.05) is 0 Å². The van der Waals surface area contributed by atoms with Gasteiger partial charge in [-0.05, 0) is 18.4 Å². The molecular weight excluding hydrogens is 316 g/mol. The highest BCUT2D eigenvalue weighted by Gasteiger charge is 2.35. The van der Waals surface area contributed by atoms with Crippen LogP contribution in [0.5, 0.6) is 0 Å². The summed E-state index contributed by atoms with van der Waals surface area (Å²) in [5.74, 6) is 1.81. The standard InChI is InChI=1S/C18H28N6O/c1-21-11-15(3-4-17(21)25)12-22-13-16(14-22)23-7-9-24(10-8-23)18-19-5-2-6-20-18/h2,5-6,15-16H,3-4,7-14H2,1H3. The summed E-state index contributed by atoms with van der Waals surface area (Å²) in [6.07, 6.45) is 5.41. The van der Waals surface area contributed by atoms with E-state index in [0.717, 1.165) is 58.1 Å². The smallest absolute Gasteiger partial charge is 0.225 e. The van der Waals surface area contributed by atoms with Gasteiger partial charge in [0.25, 0.3) is 0 Å². The molecule has 0 radical (unpaired) electrons. The van der Waals surface area contributed by atoms with Gasteiger partial charge in [-0.15, -0.1) is 0 Å². The SMILES string of the molecule is CN1CC(CN2CC(N3CCN(c4ncccn4)CC3)C2)CCC1=O. The summed E-state index contributed by atoms with van der Waals surface area (Å²) in [4.78, 5) is 29.7. The maximum absolute atomic E-state index is 11.6. The van der Waals surface area contributed by atoms with Crippen molar-refractivity contribution in [3.05, 3.63) is 18.5 Å². The Balaban J connectivity index is 1.18. The Labute approximate surface area is 149 Å². The zero-order valence-corrected chi connectivity index (χ0v) is 15.0. The highest BCUT2D eigenvalue weighted by atomic mass is 16.2. The topological polar surface area (TPSA) is 55.8 Å². The highest BCUT2D eigenvalue weighted by molar-refractivity contribution is 5.76. The van der Waals surface area contributed by atoms with Crippen LogP contribution in [0.4, 0.5) is 5.95 Å². The summed E-state index contributed by atoms with van der Waals surface area (Å²) < 4.78 is 0. The summed E-state index contributed by atoms with van der Waals surface area (Å²) in [5, 5.41) is 0. The third kappa shape index (κ3) is 3.77. The molecule has 3 saturated heterocycles. The number of nitrogens with zero attached hydrogens (tertiary/aromatic N) is 6. The average Bonchev–Trinajstić information content (AvgIpc) is 2.62. The van der Waals surface area contributed by atoms with Gasteiger partial charge in [0.2, 0.25) is 11.9 Å². The number of rotatable bonds is 4. The number of likely N-dealkylation sites (tertiary alicyclic amines) is 2. The van der Waals surface area contributed by atoms with Crippen LogP contribution in [0.2, 0.25) is 0 Å². The molecule has 25 heavy (non-hydrogen) atoms. The van der Waals surface area contributed by atoms with E-state index in [0.29, 0.717) is 17.9 Å². The van der Waals surface area contributed by atoms with Gasteiger partial charge in [0.15, 0.2) is 0 Å². The maximum atomic E-state index is 11.6. The minimum atomic E-state index is 0.304. The molecule has 1 aromatic rings. The molecule has 1 unspecified atom stereocenters. The number of carbonyl (C=O) groups excluding carboxylic acids is 1. The Morgan fingerprint density at radius 2 is 1.80 bits per heavy atom. The second-order valence-electron chi connectivity index (χ2n) is 7.62. The molecule has 0 bridgehead atoms. The van der Waals surface area contributed by atoms with Gasteiger partial charge in [0.1, 0.15) is 0 Å². The molecular formula is C18H28N6O. The van der Waals surface area contributed by atoms with Crippen LogP contribution < -0.4 is 4.90 Å². The van der Waals surface area contributed by atoms with E-state index in [1.54, 1.807) is 0 Å². The van der Waals surface area contributed by atoms with Gasteiger partial charge < -0.3 is 9.80 Å². The number of piperidine rings is 1. The zero-order valence-electron chi connectivity index (χ0n) is 15.0. The van der Waals surface area contributed by atoms with Crippen molar-refractivity contribution in [2.24, 2.45) is 5.92 Å². The Morgan fingerprint density at radius 1 is 1.08 bits per heavy atom. The number of hydrogen-bond acceptors (Lipinski definition) is 6. The summed E-state index contributed by atoms with van der Waals surface area (Å²) in [7, 11) is 1.93. The number of anilines is 1. The van der Waals surface area contributed by atoms with E-state index >= 15 is 0 Å². The first kappa shape index (κ1) is 16.7. The van der Waals surface area contributed by atoms with Crippen LogP contribution in [0.15, 0.2) is 18.5 Å². The Morgan fingerprint density at radius 3 is 2.48 bits per heavy atom. The lowest BCUT2D eigenvalue weighted by atomic mass is 9.95. The normalized spacial score (nSPS) is 26.8. The number of aromatic nitrogens is 2. The molecule has 1 atom stereocenters. The lowest BCUT2D eigenvalue weighted by Crippen LogP contribution is -2.64. The van der Waals surface area contributed by atoms with Crippen LogP contribution in [0.25, 0.3) is 0 Å². The number of piperazine rings is 1. The van der Waals surface area contributed by atoms with Gasteiger partial charge >= 0.3 is 0 Å². The van der Waals surface area contributed by atoms with Crippen LogP contribution in [-0.4, -0.2) is 96.0 Å². The molecule has 136 valence electrons. The van der Waals surface area contributed by atoms with Crippen molar-refractivity contribution in [1.82, 2.24) is 24.7 Å². The second-order valence-corrected chi connectivity index (χ2v) is 7.62. The lowest BCUT2D eigenvalue weighted by Gasteiger charge is -2.49. The van der Waals surface area contributed by atoms with Crippen molar-refractivity contribution in [3.8, 4) is 0 Å². The predicted octanol–water partition coefficient (Wildman–Crippen LogP) is 0.151. The Bertz CT molecular complexity index is 582. The first-order valence-electron chi connectivity index (χ1n) is 9.41. The molecule has 4 heterocycles. The first-order chi connectivity index (χ1) is 12.2. The minimum absolute atomic E-state index is 0.304. The van der Waals surface area contributed by atoms with E-state index in [1.807, 2.05) is 30.4 Å². The van der Waals surface area contributed by atoms with E-state index < -0.39 is 0 Å². The number of amides is 1. The van der Waals surface area contributed by atoms with Crippen molar-refractivity contribution in [2.45, 2.75) is 18.9 Å². The Kier molecular flexibility index (Phi) is 4.85. The van der Waals surface area contributed by atoms with Crippen LogP contribution in [0.3, 0.4) is 0 Å². The molecule has 1 aromatic heterocycles. The molecule has 0 spiro atoms. The van der Waals surface area contributed by atoms with E-state index in [9.17, 15) is 4.79 Å². The van der Waals surface area contributed by atoms with Crippen LogP contribution in [0.1, 0.15) is 12.8 Å². The third-order valence-electron chi connectivity index (χ3n) is 5.84. The lowest BCUT2D eigenvalue weighted by molar-refractivity contribution is -0.133. The highest BCUT2D eigenvalue weighted by Crippen LogP contribution is 2.23. The molecule has 3 fully saturated rings. The van der Waals surface area contributed by atoms with Gasteiger partial charge in [-0.25, -0.2) is 9.97 Å². The minimum Gasteiger partial charge on any atom is -0.345 e. The van der Waals surface area contributed by atoms with Gasteiger partial charge in [0, 0.05) is 84.3 Å². The fraction of sp³-hybridized carbons (Fsp3) is 0.722. The van der Waals surface area contributed by atoms with Crippen LogP contribution in [0, 0.1) is 5.92 Å². The number of carbonyl (C=O) groups is 1. The fourth-order valence-electron chi connectivity index (χ4n) is 4.28. The predicted molar refractivity (Wildman–Crippen MR) is 96.4 cm³/mol. The molecule has 0 saturated carbocycles. The van der Waals surface area contributed by atoms with Crippen LogP contribution >= 0.6 is 0 Å². The van der Waals surface area contributed by atoms with Crippen molar-refractivity contribution >= 4 is 11.9 Å². The maximum Gasteiger partial charge on any atom is 0.225 e. The van der Waals surface area contributed by atoms with E-state index in [2.05, 4.69) is 24.7 Å². The molecule has 3 aliphatic rings. The van der Waals surface area contributed by atoms with Crippen molar-refractivity contribution in [1.29, 1.82) is 0 Å². The van der Waals surface area contributed by atoms with Gasteiger partial charge in [0.05, 0.1) is 0 Å². The number of hydrogen-bond donors (Lipinski definition) is 0. The molecule has 0 aromatic carbocycles. The molecule has 4 rings (SSSR count). The zero-order chi connectivity index (χ0) is 17.2. The largest absolute Gasteiger partial charge is 0.345 e. The molecule has 7 heteroatoms. The van der Waals surface area contributed by atoms with E-state index in [-0.39, 0.29) is 0 Å². The van der Waals surface area contributed by atoms with Crippen molar-refractivity contribution < 1.29 is 4.79 Å². The molecule has 1 amide bonds. The first-order valence-corrected chi connectivity index (χ1v) is 9.41. The monoisotopic (exact) mass is 344 g/mol. The Hall–Kier alpha value is -1.73. The average molecular weight is 344 g/mol. The summed E-state index contributed by atoms with van der Waals surface area (Å²) in [6, 6.07) is 2.56. The van der Waals surface area contributed by atoms with E-state index in [4.69, 9.17) is 0 Å². The molecule has 0 N–H and O–H groups in total. The summed E-state index contributed by atoms with van der Waals surface area (Å²) in [6.45, 7) is 8.63. The van der Waals surface area contributed by atoms with Gasteiger partial charge in [-0.3, -0.25) is 14.6 Å². The van der Waals surface area contributed by atoms with Crippen molar-refractivity contribution in [2.75, 3.05) is 64.3 Å². The molecule has 3 aliphatic heterocycles.